The Balaban J connectivity index is 1.88. The predicted molar refractivity (Wildman–Crippen MR) is 68.1 cm³/mol. The van der Waals surface area contributed by atoms with E-state index < -0.39 is 6.10 Å². The summed E-state index contributed by atoms with van der Waals surface area (Å²) in [5, 5.41) is 11.2. The van der Waals surface area contributed by atoms with Gasteiger partial charge in [0, 0.05) is 31.2 Å². The number of imidazole rings is 1. The number of aliphatic hydroxyl groups excluding tert-OH is 1. The quantitative estimate of drug-likeness (QED) is 0.767. The molecule has 0 aliphatic carbocycles. The van der Waals surface area contributed by atoms with Crippen LogP contribution in [0.3, 0.4) is 0 Å². The zero-order valence-corrected chi connectivity index (χ0v) is 10.1. The van der Waals surface area contributed by atoms with Gasteiger partial charge in [-0.25, -0.2) is 4.98 Å². The van der Waals surface area contributed by atoms with E-state index in [4.69, 9.17) is 4.42 Å². The Bertz CT molecular complexity index is 636. The van der Waals surface area contributed by atoms with Crippen molar-refractivity contribution in [2.75, 3.05) is 0 Å². The number of para-hydroxylation sites is 1. The lowest BCUT2D eigenvalue weighted by molar-refractivity contribution is 0.149. The number of rotatable bonds is 3. The predicted octanol–water partition coefficient (Wildman–Crippen LogP) is 2.44. The van der Waals surface area contributed by atoms with E-state index in [1.54, 1.807) is 6.20 Å². The first-order chi connectivity index (χ1) is 8.74. The third-order valence-corrected chi connectivity index (χ3v) is 3.07. The third-order valence-electron chi connectivity index (χ3n) is 3.07. The van der Waals surface area contributed by atoms with Gasteiger partial charge in [0.2, 0.25) is 0 Å². The van der Waals surface area contributed by atoms with Crippen LogP contribution in [0.1, 0.15) is 17.7 Å². The number of aliphatic hydroxyl groups is 1. The summed E-state index contributed by atoms with van der Waals surface area (Å²) in [6.45, 7) is 0. The summed E-state index contributed by atoms with van der Waals surface area (Å²) < 4.78 is 7.53. The minimum atomic E-state index is -0.668. The van der Waals surface area contributed by atoms with Crippen molar-refractivity contribution >= 4 is 11.0 Å². The number of benzene rings is 1. The number of hydrogen-bond donors (Lipinski definition) is 1. The van der Waals surface area contributed by atoms with Crippen LogP contribution in [-0.2, 0) is 13.5 Å². The molecule has 1 N–H and O–H groups in total. The molecule has 0 bridgehead atoms. The molecule has 1 unspecified atom stereocenters. The van der Waals surface area contributed by atoms with Crippen molar-refractivity contribution in [2.24, 2.45) is 7.05 Å². The maximum Gasteiger partial charge on any atom is 0.134 e. The highest BCUT2D eigenvalue weighted by Crippen LogP contribution is 2.25. The average molecular weight is 242 g/mol. The van der Waals surface area contributed by atoms with Crippen LogP contribution in [0.4, 0.5) is 0 Å². The van der Waals surface area contributed by atoms with Crippen molar-refractivity contribution in [3.05, 3.63) is 54.3 Å². The normalized spacial score (nSPS) is 13.0. The van der Waals surface area contributed by atoms with Gasteiger partial charge in [0.1, 0.15) is 23.3 Å². The molecule has 2 heterocycles. The summed E-state index contributed by atoms with van der Waals surface area (Å²) in [7, 11) is 1.91. The molecule has 4 heteroatoms. The Morgan fingerprint density at radius 1 is 1.39 bits per heavy atom. The van der Waals surface area contributed by atoms with Crippen LogP contribution in [0.25, 0.3) is 11.0 Å². The Hall–Kier alpha value is -2.07. The van der Waals surface area contributed by atoms with E-state index in [1.165, 1.54) is 0 Å². The average Bonchev–Trinajstić information content (AvgIpc) is 2.96. The van der Waals surface area contributed by atoms with Crippen molar-refractivity contribution in [1.82, 2.24) is 9.55 Å². The van der Waals surface area contributed by atoms with Crippen LogP contribution < -0.4 is 0 Å². The van der Waals surface area contributed by atoms with Crippen molar-refractivity contribution in [3.8, 4) is 0 Å². The first-order valence-corrected chi connectivity index (χ1v) is 5.87. The maximum absolute atomic E-state index is 10.2. The molecule has 0 saturated carbocycles. The fraction of sp³-hybridized carbons (Fsp3) is 0.214. The highest BCUT2D eigenvalue weighted by molar-refractivity contribution is 5.77. The zero-order valence-electron chi connectivity index (χ0n) is 10.1. The standard InChI is InChI=1S/C14H14N2O2/c1-16-7-6-15-14(16)9-11(17)13-8-10-4-2-3-5-12(10)18-13/h2-8,11,17H,9H2,1H3. The summed E-state index contributed by atoms with van der Waals surface area (Å²) in [5.41, 5.74) is 0.798. The molecular formula is C14H14N2O2. The fourth-order valence-electron chi connectivity index (χ4n) is 2.03. The van der Waals surface area contributed by atoms with Crippen molar-refractivity contribution in [3.63, 3.8) is 0 Å². The second-order valence-corrected chi connectivity index (χ2v) is 4.36. The van der Waals surface area contributed by atoms with E-state index >= 15 is 0 Å². The number of fused-ring (bicyclic) bond motifs is 1. The summed E-state index contributed by atoms with van der Waals surface area (Å²) in [5.74, 6) is 1.42. The van der Waals surface area contributed by atoms with E-state index in [9.17, 15) is 5.11 Å². The molecule has 1 atom stereocenters. The highest BCUT2D eigenvalue weighted by atomic mass is 16.4. The Kier molecular flexibility index (Phi) is 2.64. The van der Waals surface area contributed by atoms with Gasteiger partial charge in [0.25, 0.3) is 0 Å². The molecule has 1 aromatic carbocycles. The molecule has 0 amide bonds. The van der Waals surface area contributed by atoms with E-state index in [0.29, 0.717) is 12.2 Å². The second-order valence-electron chi connectivity index (χ2n) is 4.36. The Morgan fingerprint density at radius 2 is 2.22 bits per heavy atom. The first-order valence-electron chi connectivity index (χ1n) is 5.87. The molecule has 4 nitrogen and oxygen atoms in total. The minimum Gasteiger partial charge on any atom is -0.458 e. The molecule has 0 radical (unpaired) electrons. The Morgan fingerprint density at radius 3 is 2.94 bits per heavy atom. The first kappa shape index (κ1) is 11.0. The number of furan rings is 1. The van der Waals surface area contributed by atoms with Gasteiger partial charge >= 0.3 is 0 Å². The van der Waals surface area contributed by atoms with E-state index in [-0.39, 0.29) is 0 Å². The SMILES string of the molecule is Cn1ccnc1CC(O)c1cc2ccccc2o1. The number of aromatic nitrogens is 2. The summed E-state index contributed by atoms with van der Waals surface area (Å²) >= 11 is 0. The highest BCUT2D eigenvalue weighted by Gasteiger charge is 2.15. The lowest BCUT2D eigenvalue weighted by atomic mass is 10.2. The lowest BCUT2D eigenvalue weighted by Gasteiger charge is -2.07. The van der Waals surface area contributed by atoms with Crippen LogP contribution >= 0.6 is 0 Å². The largest absolute Gasteiger partial charge is 0.458 e. The molecule has 18 heavy (non-hydrogen) atoms. The van der Waals surface area contributed by atoms with Crippen LogP contribution in [0, 0.1) is 0 Å². The van der Waals surface area contributed by atoms with Gasteiger partial charge in [0.05, 0.1) is 0 Å². The van der Waals surface area contributed by atoms with Gasteiger partial charge in [-0.05, 0) is 12.1 Å². The van der Waals surface area contributed by atoms with Crippen LogP contribution in [0.5, 0.6) is 0 Å². The number of hydrogen-bond acceptors (Lipinski definition) is 3. The zero-order chi connectivity index (χ0) is 12.5. The molecule has 0 fully saturated rings. The molecule has 0 aliphatic heterocycles. The van der Waals surface area contributed by atoms with E-state index in [1.807, 2.05) is 48.1 Å². The molecular weight excluding hydrogens is 228 g/mol. The maximum atomic E-state index is 10.2. The van der Waals surface area contributed by atoms with Crippen molar-refractivity contribution in [2.45, 2.75) is 12.5 Å². The molecule has 0 saturated heterocycles. The van der Waals surface area contributed by atoms with Crippen LogP contribution in [-0.4, -0.2) is 14.7 Å². The summed E-state index contributed by atoms with van der Waals surface area (Å²) in [4.78, 5) is 4.20. The van der Waals surface area contributed by atoms with E-state index in [2.05, 4.69) is 4.98 Å². The number of nitrogens with zero attached hydrogens (tertiary/aromatic N) is 2. The molecule has 92 valence electrons. The van der Waals surface area contributed by atoms with Crippen LogP contribution in [0.15, 0.2) is 47.1 Å². The summed E-state index contributed by atoms with van der Waals surface area (Å²) in [6, 6.07) is 9.61. The molecule has 2 aromatic heterocycles. The molecule has 3 aromatic rings. The topological polar surface area (TPSA) is 51.2 Å². The Labute approximate surface area is 104 Å². The number of aryl methyl sites for hydroxylation is 1. The van der Waals surface area contributed by atoms with Gasteiger partial charge in [-0.3, -0.25) is 0 Å². The second kappa shape index (κ2) is 4.31. The third kappa shape index (κ3) is 1.91. The smallest absolute Gasteiger partial charge is 0.134 e. The van der Waals surface area contributed by atoms with Gasteiger partial charge in [-0.1, -0.05) is 18.2 Å². The molecule has 0 aliphatic rings. The molecule has 0 spiro atoms. The van der Waals surface area contributed by atoms with E-state index in [0.717, 1.165) is 16.8 Å². The van der Waals surface area contributed by atoms with Gasteiger partial charge < -0.3 is 14.1 Å². The van der Waals surface area contributed by atoms with Crippen molar-refractivity contribution in [1.29, 1.82) is 0 Å². The monoisotopic (exact) mass is 242 g/mol. The van der Waals surface area contributed by atoms with Gasteiger partial charge in [0.15, 0.2) is 0 Å². The van der Waals surface area contributed by atoms with Gasteiger partial charge in [-0.2, -0.15) is 0 Å². The molecule has 3 rings (SSSR count). The lowest BCUT2D eigenvalue weighted by Crippen LogP contribution is -2.05. The summed E-state index contributed by atoms with van der Waals surface area (Å²) in [6.07, 6.45) is 3.36. The fourth-order valence-corrected chi connectivity index (χ4v) is 2.03. The van der Waals surface area contributed by atoms with Gasteiger partial charge in [-0.15, -0.1) is 0 Å². The van der Waals surface area contributed by atoms with Crippen LogP contribution in [0.2, 0.25) is 0 Å². The minimum absolute atomic E-state index is 0.448. The van der Waals surface area contributed by atoms with Crippen molar-refractivity contribution < 1.29 is 9.52 Å².